The lowest BCUT2D eigenvalue weighted by Crippen LogP contribution is -2.45. The second-order valence-electron chi connectivity index (χ2n) is 8.80. The zero-order chi connectivity index (χ0) is 23.0. The first-order valence-electron chi connectivity index (χ1n) is 11.7. The van der Waals surface area contributed by atoms with E-state index in [9.17, 15) is 4.79 Å². The fraction of sp³-hybridized carbons (Fsp3) is 0.385. The summed E-state index contributed by atoms with van der Waals surface area (Å²) in [7, 11) is 0. The normalized spacial score (nSPS) is 14.9. The maximum Gasteiger partial charge on any atom is 0.237 e. The predicted octanol–water partition coefficient (Wildman–Crippen LogP) is 4.23. The summed E-state index contributed by atoms with van der Waals surface area (Å²) >= 11 is 0. The minimum atomic E-state index is 0.170. The maximum absolute atomic E-state index is 13.1. The van der Waals surface area contributed by atoms with Gasteiger partial charge < -0.3 is 10.2 Å². The third-order valence-electron chi connectivity index (χ3n) is 6.08. The van der Waals surface area contributed by atoms with E-state index in [1.165, 1.54) is 5.56 Å². The van der Waals surface area contributed by atoms with Gasteiger partial charge in [0.15, 0.2) is 0 Å². The van der Waals surface area contributed by atoms with E-state index in [-0.39, 0.29) is 11.9 Å². The molecular weight excluding hydrogens is 412 g/mol. The molecule has 1 saturated heterocycles. The second kappa shape index (κ2) is 11.0. The van der Waals surface area contributed by atoms with Crippen LogP contribution in [0.25, 0.3) is 0 Å². The molecule has 0 unspecified atom stereocenters. The smallest absolute Gasteiger partial charge is 0.237 e. The van der Waals surface area contributed by atoms with Gasteiger partial charge in [0.05, 0.1) is 6.54 Å². The standard InChI is InChI=1S/C26H32N6O/c1-20(2)32(18-21-8-4-3-5-9-21)25(33)19-31-16-12-22(13-17-31)23-10-6-11-24(29-23)30-26-27-14-7-15-28-26/h3-11,14-15,20,22H,12-13,16-19H2,1-2H3,(H,27,28,29,30). The van der Waals surface area contributed by atoms with Gasteiger partial charge in [0.1, 0.15) is 5.82 Å². The molecule has 1 fully saturated rings. The fourth-order valence-corrected chi connectivity index (χ4v) is 4.23. The van der Waals surface area contributed by atoms with Crippen LogP contribution in [0.2, 0.25) is 0 Å². The van der Waals surface area contributed by atoms with Gasteiger partial charge in [-0.2, -0.15) is 0 Å². The molecule has 0 radical (unpaired) electrons. The molecule has 33 heavy (non-hydrogen) atoms. The van der Waals surface area contributed by atoms with Crippen LogP contribution >= 0.6 is 0 Å². The van der Waals surface area contributed by atoms with E-state index >= 15 is 0 Å². The van der Waals surface area contributed by atoms with Crippen LogP contribution in [0.15, 0.2) is 67.0 Å². The number of benzene rings is 1. The zero-order valence-electron chi connectivity index (χ0n) is 19.4. The van der Waals surface area contributed by atoms with Crippen molar-refractivity contribution in [2.24, 2.45) is 0 Å². The average Bonchev–Trinajstić information content (AvgIpc) is 2.84. The second-order valence-corrected chi connectivity index (χ2v) is 8.80. The Hall–Kier alpha value is -3.32. The minimum Gasteiger partial charge on any atom is -0.335 e. The van der Waals surface area contributed by atoms with Crippen LogP contribution in [0.1, 0.15) is 43.9 Å². The molecule has 172 valence electrons. The van der Waals surface area contributed by atoms with Gasteiger partial charge in [-0.05, 0) is 63.5 Å². The van der Waals surface area contributed by atoms with Gasteiger partial charge in [0.25, 0.3) is 0 Å². The third-order valence-corrected chi connectivity index (χ3v) is 6.08. The number of carbonyl (C=O) groups is 1. The molecule has 2 aromatic heterocycles. The molecule has 0 spiro atoms. The van der Waals surface area contributed by atoms with Crippen LogP contribution in [-0.2, 0) is 11.3 Å². The van der Waals surface area contributed by atoms with Crippen molar-refractivity contribution in [1.29, 1.82) is 0 Å². The van der Waals surface area contributed by atoms with E-state index in [2.05, 4.69) is 52.2 Å². The molecule has 0 aliphatic carbocycles. The molecule has 7 nitrogen and oxygen atoms in total. The van der Waals surface area contributed by atoms with Gasteiger partial charge in [0.2, 0.25) is 11.9 Å². The van der Waals surface area contributed by atoms with Crippen molar-refractivity contribution in [1.82, 2.24) is 24.8 Å². The highest BCUT2D eigenvalue weighted by molar-refractivity contribution is 5.78. The number of rotatable bonds is 8. The molecule has 3 aromatic rings. The van der Waals surface area contributed by atoms with Crippen molar-refractivity contribution < 1.29 is 4.79 Å². The predicted molar refractivity (Wildman–Crippen MR) is 130 cm³/mol. The van der Waals surface area contributed by atoms with Gasteiger partial charge in [-0.25, -0.2) is 15.0 Å². The molecule has 1 amide bonds. The number of carbonyl (C=O) groups excluding carboxylic acids is 1. The zero-order valence-corrected chi connectivity index (χ0v) is 19.4. The molecule has 1 aliphatic heterocycles. The van der Waals surface area contributed by atoms with Crippen LogP contribution in [0, 0.1) is 0 Å². The van der Waals surface area contributed by atoms with Gasteiger partial charge in [-0.15, -0.1) is 0 Å². The highest BCUT2D eigenvalue weighted by Gasteiger charge is 2.25. The van der Waals surface area contributed by atoms with Crippen molar-refractivity contribution in [3.63, 3.8) is 0 Å². The first-order valence-corrected chi connectivity index (χ1v) is 11.7. The lowest BCUT2D eigenvalue weighted by molar-refractivity contribution is -0.135. The summed E-state index contributed by atoms with van der Waals surface area (Å²) in [6.45, 7) is 7.09. The Kier molecular flexibility index (Phi) is 7.62. The summed E-state index contributed by atoms with van der Waals surface area (Å²) < 4.78 is 0. The number of aromatic nitrogens is 3. The number of pyridine rings is 1. The van der Waals surface area contributed by atoms with Crippen molar-refractivity contribution in [3.05, 3.63) is 78.2 Å². The summed E-state index contributed by atoms with van der Waals surface area (Å²) in [6.07, 6.45) is 5.39. The van der Waals surface area contributed by atoms with Crippen LogP contribution in [0.3, 0.4) is 0 Å². The van der Waals surface area contributed by atoms with E-state index in [4.69, 9.17) is 4.98 Å². The molecule has 4 rings (SSSR count). The quantitative estimate of drug-likeness (QED) is 0.560. The summed E-state index contributed by atoms with van der Waals surface area (Å²) in [6, 6.07) is 18.2. The number of nitrogens with zero attached hydrogens (tertiary/aromatic N) is 5. The van der Waals surface area contributed by atoms with E-state index in [0.717, 1.165) is 37.4 Å². The summed E-state index contributed by atoms with van der Waals surface area (Å²) in [5.74, 6) is 1.88. The van der Waals surface area contributed by atoms with E-state index < -0.39 is 0 Å². The van der Waals surface area contributed by atoms with Gasteiger partial charge >= 0.3 is 0 Å². The monoisotopic (exact) mass is 444 g/mol. The average molecular weight is 445 g/mol. The van der Waals surface area contributed by atoms with E-state index in [0.29, 0.717) is 25.0 Å². The topological polar surface area (TPSA) is 74.2 Å². The van der Waals surface area contributed by atoms with Crippen LogP contribution in [0.5, 0.6) is 0 Å². The largest absolute Gasteiger partial charge is 0.335 e. The number of piperidine rings is 1. The number of nitrogens with one attached hydrogen (secondary N) is 1. The van der Waals surface area contributed by atoms with Crippen molar-refractivity contribution in [3.8, 4) is 0 Å². The Morgan fingerprint density at radius 2 is 1.76 bits per heavy atom. The first-order chi connectivity index (χ1) is 16.1. The van der Waals surface area contributed by atoms with Gasteiger partial charge in [-0.3, -0.25) is 9.69 Å². The number of hydrogen-bond donors (Lipinski definition) is 1. The van der Waals surface area contributed by atoms with Crippen LogP contribution < -0.4 is 5.32 Å². The lowest BCUT2D eigenvalue weighted by atomic mass is 9.93. The molecule has 3 heterocycles. The minimum absolute atomic E-state index is 0.170. The Morgan fingerprint density at radius 3 is 2.45 bits per heavy atom. The first kappa shape index (κ1) is 22.9. The molecular formula is C26H32N6O. The Labute approximate surface area is 195 Å². The van der Waals surface area contributed by atoms with Gasteiger partial charge in [0, 0.05) is 36.6 Å². The number of anilines is 2. The number of amides is 1. The Morgan fingerprint density at radius 1 is 1.03 bits per heavy atom. The fourth-order valence-electron chi connectivity index (χ4n) is 4.23. The highest BCUT2D eigenvalue weighted by atomic mass is 16.2. The SMILES string of the molecule is CC(C)N(Cc1ccccc1)C(=O)CN1CCC(c2cccc(Nc3ncccn3)n2)CC1. The molecule has 7 heteroatoms. The number of hydrogen-bond acceptors (Lipinski definition) is 6. The summed E-state index contributed by atoms with van der Waals surface area (Å²) in [5, 5.41) is 3.17. The summed E-state index contributed by atoms with van der Waals surface area (Å²) in [4.78, 5) is 30.5. The highest BCUT2D eigenvalue weighted by Crippen LogP contribution is 2.28. The van der Waals surface area contributed by atoms with Crippen molar-refractivity contribution in [2.75, 3.05) is 25.0 Å². The van der Waals surface area contributed by atoms with Crippen molar-refractivity contribution in [2.45, 2.75) is 45.2 Å². The summed E-state index contributed by atoms with van der Waals surface area (Å²) in [5.41, 5.74) is 2.24. The maximum atomic E-state index is 13.1. The van der Waals surface area contributed by atoms with Crippen molar-refractivity contribution >= 4 is 17.7 Å². The molecule has 1 aromatic carbocycles. The molecule has 0 bridgehead atoms. The van der Waals surface area contributed by atoms with Crippen LogP contribution in [-0.4, -0.2) is 56.3 Å². The molecule has 1 N–H and O–H groups in total. The number of likely N-dealkylation sites (tertiary alicyclic amines) is 1. The molecule has 1 aliphatic rings. The third kappa shape index (κ3) is 6.35. The molecule has 0 saturated carbocycles. The Bertz CT molecular complexity index is 1020. The molecule has 0 atom stereocenters. The Balaban J connectivity index is 1.31. The lowest BCUT2D eigenvalue weighted by Gasteiger charge is -2.34. The van der Waals surface area contributed by atoms with Gasteiger partial charge in [-0.1, -0.05) is 36.4 Å². The van der Waals surface area contributed by atoms with E-state index in [1.807, 2.05) is 35.2 Å². The van der Waals surface area contributed by atoms with Crippen LogP contribution in [0.4, 0.5) is 11.8 Å². The van der Waals surface area contributed by atoms with E-state index in [1.54, 1.807) is 18.5 Å².